The number of hydrogen-bond donors (Lipinski definition) is 3. The molecule has 0 aliphatic rings. The van der Waals surface area contributed by atoms with Crippen molar-refractivity contribution in [1.82, 2.24) is 4.98 Å². The largest absolute Gasteiger partial charge is 0.398 e. The predicted molar refractivity (Wildman–Crippen MR) is 105 cm³/mol. The van der Waals surface area contributed by atoms with Crippen molar-refractivity contribution < 1.29 is 4.79 Å². The summed E-state index contributed by atoms with van der Waals surface area (Å²) in [4.78, 5) is 14.4. The van der Waals surface area contributed by atoms with Crippen LogP contribution in [0.2, 0.25) is 5.02 Å². The van der Waals surface area contributed by atoms with E-state index < -0.39 is 11.9 Å². The Morgan fingerprint density at radius 1 is 1.25 bits per heavy atom. The molecule has 0 saturated carbocycles. The first-order valence-electron chi connectivity index (χ1n) is 6.84. The molecular formula is C16H18Cl2N4OS. The Balaban J connectivity index is 0.000000359. The highest BCUT2D eigenvalue weighted by molar-refractivity contribution is 7.21. The highest BCUT2D eigenvalue weighted by Gasteiger charge is 2.07. The van der Waals surface area contributed by atoms with E-state index in [4.69, 9.17) is 23.1 Å². The van der Waals surface area contributed by atoms with Crippen LogP contribution in [0, 0.1) is 0 Å². The van der Waals surface area contributed by atoms with Crippen LogP contribution in [-0.4, -0.2) is 16.9 Å². The zero-order valence-electron chi connectivity index (χ0n) is 12.9. The summed E-state index contributed by atoms with van der Waals surface area (Å²) in [6.07, 6.45) is 0. The number of rotatable bonds is 2. The maximum absolute atomic E-state index is 9.80. The third kappa shape index (κ3) is 5.07. The number of amides is 1. The third-order valence-corrected chi connectivity index (χ3v) is 4.40. The first-order chi connectivity index (χ1) is 10.9. The van der Waals surface area contributed by atoms with Gasteiger partial charge in [-0.05, 0) is 37.3 Å². The first kappa shape index (κ1) is 20.2. The Labute approximate surface area is 155 Å². The lowest BCUT2D eigenvalue weighted by Gasteiger charge is -1.99. The molecule has 3 rings (SSSR count). The van der Waals surface area contributed by atoms with Gasteiger partial charge in [-0.2, -0.15) is 0 Å². The standard InChI is InChI=1S/C13H9ClN2S.C3H8N2O.ClH/c14-9-7-8(5-6-10(9)15)13-16-11-3-1-2-4-12(11)17-13;1-2(4)3(5)6;/h1-7H,15H2;2H,4H2,1H3,(H2,5,6);1H/t;2-;/m.0./s1. The molecule has 0 spiro atoms. The molecule has 0 aliphatic heterocycles. The van der Waals surface area contributed by atoms with Crippen LogP contribution in [0.15, 0.2) is 42.5 Å². The van der Waals surface area contributed by atoms with Crippen LogP contribution in [0.5, 0.6) is 0 Å². The number of hydrogen-bond acceptors (Lipinski definition) is 5. The Morgan fingerprint density at radius 3 is 2.42 bits per heavy atom. The van der Waals surface area contributed by atoms with E-state index in [1.54, 1.807) is 18.3 Å². The average Bonchev–Trinajstić information content (AvgIpc) is 2.94. The van der Waals surface area contributed by atoms with Crippen molar-refractivity contribution >= 4 is 57.2 Å². The number of nitrogens with zero attached hydrogens (tertiary/aromatic N) is 1. The summed E-state index contributed by atoms with van der Waals surface area (Å²) >= 11 is 7.67. The van der Waals surface area contributed by atoms with Crippen molar-refractivity contribution in [2.24, 2.45) is 11.5 Å². The molecule has 0 saturated heterocycles. The smallest absolute Gasteiger partial charge is 0.234 e. The van der Waals surface area contributed by atoms with E-state index in [1.165, 1.54) is 4.70 Å². The maximum atomic E-state index is 9.80. The van der Waals surface area contributed by atoms with Crippen molar-refractivity contribution in [2.75, 3.05) is 5.73 Å². The highest BCUT2D eigenvalue weighted by atomic mass is 35.5. The number of carbonyl (C=O) groups is 1. The molecule has 8 heteroatoms. The van der Waals surface area contributed by atoms with Crippen molar-refractivity contribution in [3.05, 3.63) is 47.5 Å². The third-order valence-electron chi connectivity index (χ3n) is 2.99. The first-order valence-corrected chi connectivity index (χ1v) is 8.04. The number of aromatic nitrogens is 1. The lowest BCUT2D eigenvalue weighted by molar-refractivity contribution is -0.118. The van der Waals surface area contributed by atoms with Gasteiger partial charge >= 0.3 is 0 Å². The molecule has 6 N–H and O–H groups in total. The van der Waals surface area contributed by atoms with Crippen molar-refractivity contribution in [1.29, 1.82) is 0 Å². The zero-order chi connectivity index (χ0) is 17.0. The molecule has 1 amide bonds. The van der Waals surface area contributed by atoms with E-state index in [1.807, 2.05) is 36.4 Å². The SMILES string of the molecule is C[C@H](N)C(N)=O.Cl.Nc1ccc(-c2nc3ccccc3s2)cc1Cl. The fraction of sp³-hybridized carbons (Fsp3) is 0.125. The van der Waals surface area contributed by atoms with Crippen LogP contribution in [0.3, 0.4) is 0 Å². The van der Waals surface area contributed by atoms with Gasteiger partial charge in [0.15, 0.2) is 0 Å². The summed E-state index contributed by atoms with van der Waals surface area (Å²) in [5.41, 5.74) is 17.9. The summed E-state index contributed by atoms with van der Waals surface area (Å²) in [7, 11) is 0. The molecular weight excluding hydrogens is 367 g/mol. The van der Waals surface area contributed by atoms with E-state index in [2.05, 4.69) is 16.8 Å². The van der Waals surface area contributed by atoms with Crippen LogP contribution in [0.1, 0.15) is 6.92 Å². The highest BCUT2D eigenvalue weighted by Crippen LogP contribution is 2.32. The van der Waals surface area contributed by atoms with Crippen molar-refractivity contribution in [3.63, 3.8) is 0 Å². The molecule has 0 unspecified atom stereocenters. The lowest BCUT2D eigenvalue weighted by atomic mass is 10.2. The van der Waals surface area contributed by atoms with Crippen LogP contribution >= 0.6 is 35.3 Å². The Kier molecular flexibility index (Phi) is 7.44. The number of benzene rings is 2. The van der Waals surface area contributed by atoms with Crippen LogP contribution in [-0.2, 0) is 4.79 Å². The molecule has 1 aromatic heterocycles. The molecule has 2 aromatic carbocycles. The molecule has 1 heterocycles. The monoisotopic (exact) mass is 384 g/mol. The summed E-state index contributed by atoms with van der Waals surface area (Å²) < 4.78 is 1.18. The topological polar surface area (TPSA) is 108 Å². The fourth-order valence-electron chi connectivity index (χ4n) is 1.66. The average molecular weight is 385 g/mol. The second-order valence-electron chi connectivity index (χ2n) is 4.91. The summed E-state index contributed by atoms with van der Waals surface area (Å²) in [5.74, 6) is -0.463. The Bertz CT molecular complexity index is 803. The number of para-hydroxylation sites is 1. The second-order valence-corrected chi connectivity index (χ2v) is 6.35. The molecule has 0 fully saturated rings. The summed E-state index contributed by atoms with van der Waals surface area (Å²) in [5, 5.41) is 1.54. The Morgan fingerprint density at radius 2 is 1.88 bits per heavy atom. The minimum absolute atomic E-state index is 0. The fourth-order valence-corrected chi connectivity index (χ4v) is 2.80. The van der Waals surface area contributed by atoms with Gasteiger partial charge in [0.05, 0.1) is 27.0 Å². The number of thiazole rings is 1. The van der Waals surface area contributed by atoms with Crippen LogP contribution < -0.4 is 17.2 Å². The number of nitrogen functional groups attached to an aromatic ring is 1. The van der Waals surface area contributed by atoms with Gasteiger partial charge in [-0.3, -0.25) is 4.79 Å². The van der Waals surface area contributed by atoms with Gasteiger partial charge in [0.1, 0.15) is 5.01 Å². The molecule has 3 aromatic rings. The van der Waals surface area contributed by atoms with Gasteiger partial charge in [-0.25, -0.2) is 4.98 Å². The van der Waals surface area contributed by atoms with E-state index >= 15 is 0 Å². The van der Waals surface area contributed by atoms with Gasteiger partial charge in [-0.15, -0.1) is 23.7 Å². The van der Waals surface area contributed by atoms with Gasteiger partial charge < -0.3 is 17.2 Å². The van der Waals surface area contributed by atoms with E-state index in [0.717, 1.165) is 16.1 Å². The summed E-state index contributed by atoms with van der Waals surface area (Å²) in [6.45, 7) is 1.54. The van der Waals surface area contributed by atoms with Gasteiger partial charge in [0.25, 0.3) is 0 Å². The van der Waals surface area contributed by atoms with Crippen molar-refractivity contribution in [3.8, 4) is 10.6 Å². The van der Waals surface area contributed by atoms with Gasteiger partial charge in [0, 0.05) is 5.56 Å². The lowest BCUT2D eigenvalue weighted by Crippen LogP contribution is -2.32. The van der Waals surface area contributed by atoms with E-state index in [-0.39, 0.29) is 12.4 Å². The van der Waals surface area contributed by atoms with Gasteiger partial charge in [-0.1, -0.05) is 23.7 Å². The second kappa shape index (κ2) is 8.84. The number of fused-ring (bicyclic) bond motifs is 1. The number of halogens is 2. The minimum atomic E-state index is -0.509. The van der Waals surface area contributed by atoms with E-state index in [0.29, 0.717) is 10.7 Å². The summed E-state index contributed by atoms with van der Waals surface area (Å²) in [6, 6.07) is 13.2. The quantitative estimate of drug-likeness (QED) is 0.587. The van der Waals surface area contributed by atoms with Crippen molar-refractivity contribution in [2.45, 2.75) is 13.0 Å². The maximum Gasteiger partial charge on any atom is 0.234 e. The minimum Gasteiger partial charge on any atom is -0.398 e. The molecule has 0 radical (unpaired) electrons. The molecule has 5 nitrogen and oxygen atoms in total. The van der Waals surface area contributed by atoms with Crippen LogP contribution in [0.4, 0.5) is 5.69 Å². The predicted octanol–water partition coefficient (Wildman–Crippen LogP) is 3.44. The van der Waals surface area contributed by atoms with E-state index in [9.17, 15) is 4.79 Å². The molecule has 24 heavy (non-hydrogen) atoms. The van der Waals surface area contributed by atoms with Gasteiger partial charge in [0.2, 0.25) is 5.91 Å². The number of anilines is 1. The molecule has 0 bridgehead atoms. The number of carbonyl (C=O) groups excluding carboxylic acids is 1. The molecule has 0 aliphatic carbocycles. The number of nitrogens with two attached hydrogens (primary N) is 3. The zero-order valence-corrected chi connectivity index (χ0v) is 15.3. The number of primary amides is 1. The van der Waals surface area contributed by atoms with Crippen LogP contribution in [0.25, 0.3) is 20.8 Å². The Hall–Kier alpha value is -1.86. The molecule has 128 valence electrons. The normalized spacial score (nSPS) is 11.1. The molecule has 1 atom stereocenters.